The summed E-state index contributed by atoms with van der Waals surface area (Å²) < 4.78 is 68.8. The van der Waals surface area contributed by atoms with Gasteiger partial charge in [-0.2, -0.15) is 18.2 Å². The molecule has 4 rings (SSSR count). The summed E-state index contributed by atoms with van der Waals surface area (Å²) in [5.74, 6) is -0.645. The first-order chi connectivity index (χ1) is 17.7. The minimum absolute atomic E-state index is 0.00443. The molecule has 3 aromatic heterocycles. The van der Waals surface area contributed by atoms with Crippen LogP contribution in [0.3, 0.4) is 0 Å². The van der Waals surface area contributed by atoms with Gasteiger partial charge in [0, 0.05) is 34.1 Å². The second-order valence-corrected chi connectivity index (χ2v) is 16.2. The van der Waals surface area contributed by atoms with E-state index in [4.69, 9.17) is 21.1 Å². The molecule has 0 atom stereocenters. The number of hydrogen-bond donors (Lipinski definition) is 0. The minimum Gasteiger partial charge on any atom is -0.471 e. The lowest BCUT2D eigenvalue weighted by Crippen LogP contribution is -2.22. The Morgan fingerprint density at radius 3 is 2.45 bits per heavy atom. The van der Waals surface area contributed by atoms with Crippen LogP contribution in [-0.2, 0) is 31.3 Å². The number of benzene rings is 1. The van der Waals surface area contributed by atoms with Crippen LogP contribution >= 0.6 is 11.6 Å². The zero-order valence-electron chi connectivity index (χ0n) is 21.7. The fourth-order valence-electron chi connectivity index (χ4n) is 3.88. The summed E-state index contributed by atoms with van der Waals surface area (Å²) in [6.07, 6.45) is -1.92. The van der Waals surface area contributed by atoms with Crippen molar-refractivity contribution >= 4 is 30.7 Å². The molecule has 0 radical (unpaired) electrons. The first-order valence-corrected chi connectivity index (χ1v) is 15.9. The third-order valence-corrected chi connectivity index (χ3v) is 7.75. The summed E-state index contributed by atoms with van der Waals surface area (Å²) in [4.78, 5) is 12.1. The summed E-state index contributed by atoms with van der Waals surface area (Å²) >= 11 is 6.14. The summed E-state index contributed by atoms with van der Waals surface area (Å²) in [5, 5.41) is 0.00443. The molecule has 0 amide bonds. The third kappa shape index (κ3) is 6.36. The second-order valence-electron chi connectivity index (χ2n) is 10.3. The smallest absolute Gasteiger partial charge is 0.434 e. The highest BCUT2D eigenvalue weighted by molar-refractivity contribution is 6.76. The van der Waals surface area contributed by atoms with Crippen LogP contribution in [-0.4, -0.2) is 38.8 Å². The van der Waals surface area contributed by atoms with Gasteiger partial charge >= 0.3 is 6.18 Å². The maximum Gasteiger partial charge on any atom is 0.434 e. The highest BCUT2D eigenvalue weighted by atomic mass is 35.5. The number of hydrogen-bond acceptors (Lipinski definition) is 5. The van der Waals surface area contributed by atoms with Crippen molar-refractivity contribution in [2.24, 2.45) is 7.05 Å². The molecule has 13 heteroatoms. The van der Waals surface area contributed by atoms with Crippen LogP contribution in [0.2, 0.25) is 31.0 Å². The predicted molar refractivity (Wildman–Crippen MR) is 139 cm³/mol. The Labute approximate surface area is 223 Å². The molecule has 7 nitrogen and oxygen atoms in total. The predicted octanol–water partition coefficient (Wildman–Crippen LogP) is 6.84. The second kappa shape index (κ2) is 10.7. The van der Waals surface area contributed by atoms with Gasteiger partial charge in [-0.05, 0) is 47.8 Å². The molecule has 204 valence electrons. The summed E-state index contributed by atoms with van der Waals surface area (Å²) in [5.41, 5.74) is 1.39. The van der Waals surface area contributed by atoms with Crippen molar-refractivity contribution in [2.45, 2.75) is 52.1 Å². The van der Waals surface area contributed by atoms with Crippen LogP contribution in [0.5, 0.6) is 5.88 Å². The van der Waals surface area contributed by atoms with Gasteiger partial charge in [0.15, 0.2) is 5.69 Å². The van der Waals surface area contributed by atoms with E-state index in [1.54, 1.807) is 6.07 Å². The number of ether oxygens (including phenoxy) is 2. The zero-order chi connectivity index (χ0) is 27.8. The van der Waals surface area contributed by atoms with Gasteiger partial charge in [0.25, 0.3) is 0 Å². The van der Waals surface area contributed by atoms with Gasteiger partial charge in [-0.3, -0.25) is 0 Å². The molecular formula is C25H28ClF4N5O2Si. The van der Waals surface area contributed by atoms with E-state index in [1.165, 1.54) is 19.2 Å². The molecule has 3 heterocycles. The van der Waals surface area contributed by atoms with E-state index in [0.717, 1.165) is 22.4 Å². The van der Waals surface area contributed by atoms with Crippen LogP contribution in [0.25, 0.3) is 22.4 Å². The van der Waals surface area contributed by atoms with Crippen molar-refractivity contribution in [1.82, 2.24) is 24.1 Å². The van der Waals surface area contributed by atoms with Crippen LogP contribution in [0.1, 0.15) is 16.8 Å². The molecule has 0 saturated carbocycles. The molecule has 0 N–H and O–H groups in total. The molecular weight excluding hydrogens is 542 g/mol. The van der Waals surface area contributed by atoms with Crippen LogP contribution < -0.4 is 4.74 Å². The average molecular weight is 570 g/mol. The van der Waals surface area contributed by atoms with E-state index in [-0.39, 0.29) is 35.9 Å². The molecule has 38 heavy (non-hydrogen) atoms. The quantitative estimate of drug-likeness (QED) is 0.0955. The molecule has 1 aromatic carbocycles. The zero-order valence-corrected chi connectivity index (χ0v) is 23.4. The lowest BCUT2D eigenvalue weighted by atomic mass is 10.1. The lowest BCUT2D eigenvalue weighted by molar-refractivity contribution is -0.140. The number of aromatic nitrogens is 5. The largest absolute Gasteiger partial charge is 0.471 e. The standard InChI is InChI=1S/C25H28ClF4N5O2Si/c1-15-11-35(14-36-8-9-38(3,4)5)21-20(15)32-24(26)33-23(21)37-13-16-6-7-17(18(27)10-16)22-31-19(12-34(22)2)25(28,29)30/h6-7,10-12H,8-9,13-14H2,1-5H3. The van der Waals surface area contributed by atoms with Crippen molar-refractivity contribution in [3.8, 4) is 17.3 Å². The molecule has 0 aliphatic rings. The van der Waals surface area contributed by atoms with E-state index in [2.05, 4.69) is 34.6 Å². The van der Waals surface area contributed by atoms with Crippen molar-refractivity contribution in [1.29, 1.82) is 0 Å². The van der Waals surface area contributed by atoms with Gasteiger partial charge in [-0.25, -0.2) is 14.4 Å². The number of halogens is 5. The number of imidazole rings is 1. The minimum atomic E-state index is -4.63. The monoisotopic (exact) mass is 569 g/mol. The Morgan fingerprint density at radius 2 is 1.82 bits per heavy atom. The van der Waals surface area contributed by atoms with E-state index in [0.29, 0.717) is 23.2 Å². The van der Waals surface area contributed by atoms with E-state index in [9.17, 15) is 17.6 Å². The van der Waals surface area contributed by atoms with Crippen molar-refractivity contribution in [2.75, 3.05) is 6.61 Å². The molecule has 0 bridgehead atoms. The first-order valence-electron chi connectivity index (χ1n) is 11.9. The van der Waals surface area contributed by atoms with E-state index < -0.39 is 25.8 Å². The van der Waals surface area contributed by atoms with Crippen LogP contribution in [0, 0.1) is 12.7 Å². The van der Waals surface area contributed by atoms with Crippen molar-refractivity contribution < 1.29 is 27.0 Å². The number of alkyl halides is 3. The maximum atomic E-state index is 14.9. The normalized spacial score (nSPS) is 12.5. The van der Waals surface area contributed by atoms with E-state index in [1.807, 2.05) is 17.7 Å². The van der Waals surface area contributed by atoms with Gasteiger partial charge in [0.05, 0.1) is 5.56 Å². The van der Waals surface area contributed by atoms with Crippen LogP contribution in [0.4, 0.5) is 17.6 Å². The van der Waals surface area contributed by atoms with Crippen molar-refractivity contribution in [3.05, 3.63) is 58.5 Å². The molecule has 0 fully saturated rings. The molecule has 0 aliphatic heterocycles. The highest BCUT2D eigenvalue weighted by Crippen LogP contribution is 2.32. The molecule has 0 spiro atoms. The van der Waals surface area contributed by atoms with Gasteiger partial charge < -0.3 is 18.6 Å². The molecule has 0 saturated heterocycles. The lowest BCUT2D eigenvalue weighted by Gasteiger charge is -2.16. The fraction of sp³-hybridized carbons (Fsp3) is 0.400. The summed E-state index contributed by atoms with van der Waals surface area (Å²) in [6, 6.07) is 5.15. The Balaban J connectivity index is 1.55. The average Bonchev–Trinajstić information content (AvgIpc) is 3.34. The molecule has 0 aliphatic carbocycles. The number of rotatable bonds is 9. The van der Waals surface area contributed by atoms with Gasteiger partial charge in [-0.15, -0.1) is 0 Å². The maximum absolute atomic E-state index is 14.9. The Hall–Kier alpha value is -2.96. The Bertz CT molecular complexity index is 1460. The Morgan fingerprint density at radius 1 is 1.08 bits per heavy atom. The fourth-order valence-corrected chi connectivity index (χ4v) is 4.80. The molecule has 0 unspecified atom stereocenters. The number of nitrogens with zero attached hydrogens (tertiary/aromatic N) is 5. The third-order valence-electron chi connectivity index (χ3n) is 5.88. The van der Waals surface area contributed by atoms with Gasteiger partial charge in [0.2, 0.25) is 11.2 Å². The molecule has 4 aromatic rings. The highest BCUT2D eigenvalue weighted by Gasteiger charge is 2.34. The number of aryl methyl sites for hydroxylation is 2. The summed E-state index contributed by atoms with van der Waals surface area (Å²) in [7, 11) is 0.139. The first kappa shape index (κ1) is 28.1. The van der Waals surface area contributed by atoms with E-state index >= 15 is 0 Å². The topological polar surface area (TPSA) is 67.0 Å². The van der Waals surface area contributed by atoms with Gasteiger partial charge in [0.1, 0.15) is 36.0 Å². The van der Waals surface area contributed by atoms with Crippen molar-refractivity contribution in [3.63, 3.8) is 0 Å². The van der Waals surface area contributed by atoms with Crippen LogP contribution in [0.15, 0.2) is 30.6 Å². The Kier molecular flexibility index (Phi) is 7.87. The van der Waals surface area contributed by atoms with Gasteiger partial charge in [-0.1, -0.05) is 25.7 Å². The SMILES string of the molecule is Cc1cn(COCC[Si](C)(C)C)c2c(OCc3ccc(-c4nc(C(F)(F)F)cn4C)c(F)c3)nc(Cl)nc12. The number of fused-ring (bicyclic) bond motifs is 1. The summed E-state index contributed by atoms with van der Waals surface area (Å²) in [6.45, 7) is 9.57.